The van der Waals surface area contributed by atoms with E-state index >= 15 is 0 Å². The van der Waals surface area contributed by atoms with Crippen molar-refractivity contribution in [2.24, 2.45) is 0 Å². The molecule has 5 nitrogen and oxygen atoms in total. The minimum absolute atomic E-state index is 0.0466. The first kappa shape index (κ1) is 15.4. The second-order valence-corrected chi connectivity index (χ2v) is 6.48. The molecule has 0 saturated carbocycles. The molecule has 0 aliphatic carbocycles. The molecule has 20 heavy (non-hydrogen) atoms. The van der Waals surface area contributed by atoms with Crippen molar-refractivity contribution in [3.8, 4) is 0 Å². The van der Waals surface area contributed by atoms with Gasteiger partial charge in [0.15, 0.2) is 0 Å². The summed E-state index contributed by atoms with van der Waals surface area (Å²) in [7, 11) is 0. The number of benzene rings is 1. The standard InChI is InChI=1S/C12H8Br3N3O2/c13-7-3-9(14)12(16-5-7)6-17-11-2-1-8(18(19)20)4-10(11)15/h1-5,17H,6H2. The Kier molecular flexibility index (Phi) is 5.11. The van der Waals surface area contributed by atoms with Crippen LogP contribution in [0.5, 0.6) is 0 Å². The number of nitrogens with zero attached hydrogens (tertiary/aromatic N) is 2. The number of nitro groups is 1. The molecule has 0 aliphatic rings. The molecule has 0 fully saturated rings. The van der Waals surface area contributed by atoms with Gasteiger partial charge in [0.05, 0.1) is 17.2 Å². The average molecular weight is 466 g/mol. The molecule has 0 amide bonds. The summed E-state index contributed by atoms with van der Waals surface area (Å²) < 4.78 is 2.42. The lowest BCUT2D eigenvalue weighted by Gasteiger charge is -2.09. The molecule has 2 aromatic rings. The summed E-state index contributed by atoms with van der Waals surface area (Å²) in [4.78, 5) is 14.5. The first-order valence-electron chi connectivity index (χ1n) is 5.45. The fourth-order valence-electron chi connectivity index (χ4n) is 1.51. The molecule has 0 radical (unpaired) electrons. The van der Waals surface area contributed by atoms with Gasteiger partial charge in [-0.3, -0.25) is 15.1 Å². The Morgan fingerprint density at radius 3 is 2.55 bits per heavy atom. The number of hydrogen-bond acceptors (Lipinski definition) is 4. The first-order valence-corrected chi connectivity index (χ1v) is 7.83. The van der Waals surface area contributed by atoms with Crippen LogP contribution in [0.25, 0.3) is 0 Å². The number of aromatic nitrogens is 1. The van der Waals surface area contributed by atoms with E-state index in [-0.39, 0.29) is 5.69 Å². The highest BCUT2D eigenvalue weighted by atomic mass is 79.9. The van der Waals surface area contributed by atoms with Crippen molar-refractivity contribution < 1.29 is 4.92 Å². The third kappa shape index (κ3) is 3.77. The lowest BCUT2D eigenvalue weighted by atomic mass is 10.2. The van der Waals surface area contributed by atoms with E-state index in [1.54, 1.807) is 12.3 Å². The zero-order chi connectivity index (χ0) is 14.7. The highest BCUT2D eigenvalue weighted by Gasteiger charge is 2.09. The van der Waals surface area contributed by atoms with Crippen LogP contribution < -0.4 is 5.32 Å². The minimum Gasteiger partial charge on any atom is -0.378 e. The number of hydrogen-bond donors (Lipinski definition) is 1. The lowest BCUT2D eigenvalue weighted by molar-refractivity contribution is -0.384. The third-order valence-corrected chi connectivity index (χ3v) is 4.27. The predicted octanol–water partition coefficient (Wildman–Crippen LogP) is 4.89. The minimum atomic E-state index is -0.429. The smallest absolute Gasteiger partial charge is 0.270 e. The fourth-order valence-corrected chi connectivity index (χ4v) is 3.15. The van der Waals surface area contributed by atoms with E-state index in [0.29, 0.717) is 11.0 Å². The van der Waals surface area contributed by atoms with Gasteiger partial charge in [0.25, 0.3) is 5.69 Å². The van der Waals surface area contributed by atoms with Gasteiger partial charge in [-0.05, 0) is 59.9 Å². The number of pyridine rings is 1. The van der Waals surface area contributed by atoms with E-state index in [1.807, 2.05) is 6.07 Å². The molecule has 1 aromatic carbocycles. The Morgan fingerprint density at radius 2 is 1.95 bits per heavy atom. The van der Waals surface area contributed by atoms with E-state index in [9.17, 15) is 10.1 Å². The predicted molar refractivity (Wildman–Crippen MR) is 87.8 cm³/mol. The largest absolute Gasteiger partial charge is 0.378 e. The van der Waals surface area contributed by atoms with Crippen molar-refractivity contribution >= 4 is 59.2 Å². The number of halogens is 3. The van der Waals surface area contributed by atoms with Gasteiger partial charge >= 0.3 is 0 Å². The van der Waals surface area contributed by atoms with E-state index in [4.69, 9.17) is 0 Å². The third-order valence-electron chi connectivity index (χ3n) is 2.49. The second-order valence-electron chi connectivity index (χ2n) is 3.86. The van der Waals surface area contributed by atoms with E-state index in [1.165, 1.54) is 12.1 Å². The number of anilines is 1. The molecule has 0 saturated heterocycles. The van der Waals surface area contributed by atoms with Crippen molar-refractivity contribution in [1.29, 1.82) is 0 Å². The second kappa shape index (κ2) is 6.64. The Bertz CT molecular complexity index is 664. The maximum Gasteiger partial charge on any atom is 0.270 e. The quantitative estimate of drug-likeness (QED) is 0.515. The van der Waals surface area contributed by atoms with E-state index in [2.05, 4.69) is 58.1 Å². The topological polar surface area (TPSA) is 68.1 Å². The van der Waals surface area contributed by atoms with Crippen LogP contribution in [0.3, 0.4) is 0 Å². The van der Waals surface area contributed by atoms with Crippen molar-refractivity contribution in [2.75, 3.05) is 5.32 Å². The van der Waals surface area contributed by atoms with Gasteiger partial charge in [0.1, 0.15) is 0 Å². The summed E-state index contributed by atoms with van der Waals surface area (Å²) >= 11 is 10.1. The van der Waals surface area contributed by atoms with Gasteiger partial charge < -0.3 is 5.32 Å². The van der Waals surface area contributed by atoms with Crippen LogP contribution in [0.15, 0.2) is 43.9 Å². The van der Waals surface area contributed by atoms with Crippen LogP contribution >= 0.6 is 47.8 Å². The molecule has 0 unspecified atom stereocenters. The normalized spacial score (nSPS) is 10.3. The van der Waals surface area contributed by atoms with Crippen LogP contribution in [0.2, 0.25) is 0 Å². The molecule has 2 rings (SSSR count). The zero-order valence-corrected chi connectivity index (χ0v) is 14.7. The Hall–Kier alpha value is -0.990. The van der Waals surface area contributed by atoms with Gasteiger partial charge in [0, 0.05) is 37.4 Å². The Morgan fingerprint density at radius 1 is 1.20 bits per heavy atom. The maximum atomic E-state index is 10.7. The molecular weight excluding hydrogens is 458 g/mol. The first-order chi connectivity index (χ1) is 9.47. The summed E-state index contributed by atoms with van der Waals surface area (Å²) in [5, 5.41) is 13.8. The average Bonchev–Trinajstić information content (AvgIpc) is 2.38. The number of rotatable bonds is 4. The van der Waals surface area contributed by atoms with Crippen LogP contribution in [-0.2, 0) is 6.54 Å². The Labute approximate surface area is 140 Å². The molecule has 0 spiro atoms. The molecule has 1 heterocycles. The monoisotopic (exact) mass is 463 g/mol. The summed E-state index contributed by atoms with van der Waals surface area (Å²) in [6, 6.07) is 6.49. The van der Waals surface area contributed by atoms with Gasteiger partial charge in [-0.25, -0.2) is 0 Å². The Balaban J connectivity index is 2.13. The van der Waals surface area contributed by atoms with E-state index < -0.39 is 4.92 Å². The van der Waals surface area contributed by atoms with Gasteiger partial charge in [-0.15, -0.1) is 0 Å². The number of nitrogens with one attached hydrogen (secondary N) is 1. The van der Waals surface area contributed by atoms with Crippen LogP contribution in [0.1, 0.15) is 5.69 Å². The summed E-state index contributed by atoms with van der Waals surface area (Å²) in [6.45, 7) is 0.504. The number of nitro benzene ring substituents is 1. The maximum absolute atomic E-state index is 10.7. The summed E-state index contributed by atoms with van der Waals surface area (Å²) in [5.74, 6) is 0. The molecule has 0 bridgehead atoms. The van der Waals surface area contributed by atoms with Crippen molar-refractivity contribution in [2.45, 2.75) is 6.54 Å². The molecule has 1 aromatic heterocycles. The molecule has 0 aliphatic heterocycles. The lowest BCUT2D eigenvalue weighted by Crippen LogP contribution is -2.03. The fraction of sp³-hybridized carbons (Fsp3) is 0.0833. The van der Waals surface area contributed by atoms with Crippen molar-refractivity contribution in [3.05, 3.63) is 59.7 Å². The van der Waals surface area contributed by atoms with Crippen molar-refractivity contribution in [3.63, 3.8) is 0 Å². The highest BCUT2D eigenvalue weighted by Crippen LogP contribution is 2.28. The summed E-state index contributed by atoms with van der Waals surface area (Å²) in [6.07, 6.45) is 1.71. The molecule has 1 N–H and O–H groups in total. The SMILES string of the molecule is O=[N+]([O-])c1ccc(NCc2ncc(Br)cc2Br)c(Br)c1. The van der Waals surface area contributed by atoms with Crippen molar-refractivity contribution in [1.82, 2.24) is 4.98 Å². The van der Waals surface area contributed by atoms with Gasteiger partial charge in [0.2, 0.25) is 0 Å². The molecule has 8 heteroatoms. The molecular formula is C12H8Br3N3O2. The van der Waals surface area contributed by atoms with Crippen LogP contribution in [0.4, 0.5) is 11.4 Å². The van der Waals surface area contributed by atoms with Crippen LogP contribution in [-0.4, -0.2) is 9.91 Å². The highest BCUT2D eigenvalue weighted by molar-refractivity contribution is 9.11. The molecule has 104 valence electrons. The summed E-state index contributed by atoms with van der Waals surface area (Å²) in [5.41, 5.74) is 1.66. The number of non-ortho nitro benzene ring substituents is 1. The van der Waals surface area contributed by atoms with Gasteiger partial charge in [-0.1, -0.05) is 0 Å². The zero-order valence-electron chi connectivity index (χ0n) is 9.94. The van der Waals surface area contributed by atoms with Gasteiger partial charge in [-0.2, -0.15) is 0 Å². The van der Waals surface area contributed by atoms with E-state index in [0.717, 1.165) is 20.3 Å². The van der Waals surface area contributed by atoms with Crippen LogP contribution in [0, 0.1) is 10.1 Å². The molecule has 0 atom stereocenters.